The summed E-state index contributed by atoms with van der Waals surface area (Å²) in [6.45, 7) is 1.20. The number of carbonyl (C=O) groups is 2. The van der Waals surface area contributed by atoms with Gasteiger partial charge in [-0.15, -0.1) is 0 Å². The molecule has 0 bridgehead atoms. The highest BCUT2D eigenvalue weighted by atomic mass is 31.2. The minimum atomic E-state index is -5.15. The van der Waals surface area contributed by atoms with E-state index in [1.807, 2.05) is 12.2 Å². The van der Waals surface area contributed by atoms with E-state index in [-0.39, 0.29) is 19.4 Å². The number of carbonyl (C=O) groups excluding carboxylic acids is 2. The van der Waals surface area contributed by atoms with Crippen LogP contribution in [0.15, 0.2) is 85.1 Å². The summed E-state index contributed by atoms with van der Waals surface area (Å²) in [7, 11) is -5.15. The van der Waals surface area contributed by atoms with Gasteiger partial charge in [-0.25, -0.2) is 4.57 Å². The fourth-order valence-electron chi connectivity index (χ4n) is 6.44. The Bertz CT molecular complexity index is 1440. The summed E-state index contributed by atoms with van der Waals surface area (Å²) in [5.74, 6) is -1.21. The summed E-state index contributed by atoms with van der Waals surface area (Å²) in [6, 6.07) is 0. The minimum absolute atomic E-state index is 0.00111. The van der Waals surface area contributed by atoms with E-state index in [1.165, 1.54) is 19.3 Å². The lowest BCUT2D eigenvalue weighted by Crippen LogP contribution is -2.64. The number of unbranched alkanes of at least 4 members (excludes halogenated alkanes) is 11. The maximum atomic E-state index is 12.8. The molecule has 0 aromatic carbocycles. The lowest BCUT2D eigenvalue weighted by molar-refractivity contribution is -0.220. The van der Waals surface area contributed by atoms with Crippen LogP contribution < -0.4 is 0 Å². The van der Waals surface area contributed by atoms with Gasteiger partial charge >= 0.3 is 19.8 Å². The summed E-state index contributed by atoms with van der Waals surface area (Å²) < 4.78 is 33.4. The van der Waals surface area contributed by atoms with Crippen molar-refractivity contribution >= 4 is 19.8 Å². The summed E-state index contributed by atoms with van der Waals surface area (Å²) in [5, 5.41) is 59.0. The van der Waals surface area contributed by atoms with Gasteiger partial charge in [0.15, 0.2) is 6.10 Å². The van der Waals surface area contributed by atoms with Gasteiger partial charge in [0, 0.05) is 19.4 Å². The zero-order valence-electron chi connectivity index (χ0n) is 38.2. The Labute approximate surface area is 382 Å². The first-order valence-electron chi connectivity index (χ1n) is 23.5. The first-order chi connectivity index (χ1) is 30.9. The Morgan fingerprint density at radius 3 is 1.41 bits per heavy atom. The van der Waals surface area contributed by atoms with Crippen LogP contribution in [0.2, 0.25) is 0 Å². The SMILES string of the molecule is CCCCC/C=C\C/C=C\C/C=C\CCCCCCC(=O)OC[C@H](COP(=O)(O)OC1[C@H](O)[C@H](O)C(O)[C@H](O)[C@H]1O)OC(=O)CCC/C=C\C/C=C\C/C=C\C/C=C\CCCCCO. The Hall–Kier alpha value is -3.01. The van der Waals surface area contributed by atoms with Crippen molar-refractivity contribution in [3.8, 4) is 0 Å². The van der Waals surface area contributed by atoms with E-state index >= 15 is 0 Å². The van der Waals surface area contributed by atoms with E-state index in [1.54, 1.807) is 0 Å². The third-order valence-corrected chi connectivity index (χ3v) is 11.2. The van der Waals surface area contributed by atoms with Crippen LogP contribution in [-0.4, -0.2) is 110 Å². The quantitative estimate of drug-likeness (QED) is 0.0134. The van der Waals surface area contributed by atoms with Crippen LogP contribution in [0.4, 0.5) is 0 Å². The molecule has 15 heteroatoms. The molecule has 64 heavy (non-hydrogen) atoms. The Balaban J connectivity index is 2.52. The molecule has 7 N–H and O–H groups in total. The van der Waals surface area contributed by atoms with E-state index < -0.39 is 75.7 Å². The van der Waals surface area contributed by atoms with Crippen molar-refractivity contribution in [2.24, 2.45) is 0 Å². The lowest BCUT2D eigenvalue weighted by atomic mass is 9.85. The number of hydrogen-bond donors (Lipinski definition) is 7. The number of ether oxygens (including phenoxy) is 2. The van der Waals surface area contributed by atoms with Crippen LogP contribution in [0.1, 0.15) is 148 Å². The average Bonchev–Trinajstić information content (AvgIpc) is 3.28. The second-order valence-corrected chi connectivity index (χ2v) is 17.4. The number of aliphatic hydroxyl groups excluding tert-OH is 6. The molecule has 1 aliphatic rings. The number of aliphatic hydroxyl groups is 6. The third kappa shape index (κ3) is 31.0. The first-order valence-corrected chi connectivity index (χ1v) is 25.0. The highest BCUT2D eigenvalue weighted by Gasteiger charge is 2.51. The van der Waals surface area contributed by atoms with Crippen LogP contribution in [0.25, 0.3) is 0 Å². The molecule has 0 aromatic rings. The largest absolute Gasteiger partial charge is 0.472 e. The molecule has 0 aromatic heterocycles. The van der Waals surface area contributed by atoms with Crippen LogP contribution in [-0.2, 0) is 32.7 Å². The molecular formula is C49H81O14P. The topological polar surface area (TPSA) is 230 Å². The van der Waals surface area contributed by atoms with Crippen molar-refractivity contribution in [1.29, 1.82) is 0 Å². The molecule has 0 radical (unpaired) electrons. The van der Waals surface area contributed by atoms with Crippen LogP contribution in [0, 0.1) is 0 Å². The second-order valence-electron chi connectivity index (χ2n) is 16.0. The Morgan fingerprint density at radius 1 is 0.516 bits per heavy atom. The summed E-state index contributed by atoms with van der Waals surface area (Å²) in [4.78, 5) is 35.7. The molecule has 0 aliphatic heterocycles. The van der Waals surface area contributed by atoms with Gasteiger partial charge in [0.05, 0.1) is 6.61 Å². The Kier molecular flexibility index (Phi) is 36.1. The van der Waals surface area contributed by atoms with Gasteiger partial charge in [-0.3, -0.25) is 18.6 Å². The van der Waals surface area contributed by atoms with Crippen LogP contribution >= 0.6 is 7.82 Å². The molecule has 1 aliphatic carbocycles. The predicted molar refractivity (Wildman–Crippen MR) is 250 cm³/mol. The molecule has 1 rings (SSSR count). The van der Waals surface area contributed by atoms with Gasteiger partial charge in [0.25, 0.3) is 0 Å². The lowest BCUT2D eigenvalue weighted by Gasteiger charge is -2.41. The highest BCUT2D eigenvalue weighted by molar-refractivity contribution is 7.47. The molecule has 0 saturated heterocycles. The first kappa shape index (κ1) is 59.0. The van der Waals surface area contributed by atoms with Gasteiger partial charge in [0.1, 0.15) is 43.2 Å². The zero-order valence-corrected chi connectivity index (χ0v) is 39.1. The monoisotopic (exact) mass is 925 g/mol. The van der Waals surface area contributed by atoms with Gasteiger partial charge in [0.2, 0.25) is 0 Å². The van der Waals surface area contributed by atoms with Crippen LogP contribution in [0.3, 0.4) is 0 Å². The standard InChI is InChI=1S/C49H81O14P/c1-2-3-4-5-6-7-8-9-10-12-15-18-21-24-27-30-33-36-42(51)60-39-41(40-61-64(58,59)63-49-47(56)45(54)44(53)46(55)48(49)57)62-43(52)37-34-31-28-25-22-19-16-13-11-14-17-20-23-26-29-32-35-38-50/h6-7,9-11,14-16,18-20,23,25,28,41,44-50,53-57H,2-5,8,12-13,17,21-22,24,26-27,29-40H2,1H3,(H,58,59)/b7-6-,10-9-,14-11-,18-15-,19-16-,23-20-,28-25-/t41-,44?,45-,46+,47-,48-,49?/m1/s1. The van der Waals surface area contributed by atoms with Gasteiger partial charge in [-0.05, 0) is 96.3 Å². The molecule has 8 atom stereocenters. The normalized spacial score (nSPS) is 22.3. The highest BCUT2D eigenvalue weighted by Crippen LogP contribution is 2.47. The number of rotatable bonds is 38. The van der Waals surface area contributed by atoms with Gasteiger partial charge in [-0.1, -0.05) is 124 Å². The molecule has 14 nitrogen and oxygen atoms in total. The number of phosphoric acid groups is 1. The van der Waals surface area contributed by atoms with Crippen molar-refractivity contribution in [3.63, 3.8) is 0 Å². The number of esters is 2. The van der Waals surface area contributed by atoms with Gasteiger partial charge in [-0.2, -0.15) is 0 Å². The summed E-state index contributed by atoms with van der Waals surface area (Å²) in [6.07, 6.45) is 35.0. The zero-order chi connectivity index (χ0) is 47.1. The van der Waals surface area contributed by atoms with Crippen molar-refractivity contribution in [2.75, 3.05) is 19.8 Å². The molecule has 0 heterocycles. The molecule has 3 unspecified atom stereocenters. The molecule has 0 amide bonds. The smallest absolute Gasteiger partial charge is 0.462 e. The molecule has 1 fully saturated rings. The maximum Gasteiger partial charge on any atom is 0.472 e. The summed E-state index contributed by atoms with van der Waals surface area (Å²) in [5.41, 5.74) is 0. The Morgan fingerprint density at radius 2 is 0.922 bits per heavy atom. The fourth-order valence-corrected chi connectivity index (χ4v) is 7.41. The number of allylic oxidation sites excluding steroid dienone is 14. The van der Waals surface area contributed by atoms with E-state index in [0.29, 0.717) is 19.3 Å². The molecule has 366 valence electrons. The predicted octanol–water partition coefficient (Wildman–Crippen LogP) is 8.25. The fraction of sp³-hybridized carbons (Fsp3) is 0.673. The van der Waals surface area contributed by atoms with Crippen molar-refractivity contribution < 1.29 is 68.2 Å². The van der Waals surface area contributed by atoms with Gasteiger partial charge < -0.3 is 45.0 Å². The third-order valence-electron chi connectivity index (χ3n) is 10.3. The molecule has 1 saturated carbocycles. The summed E-state index contributed by atoms with van der Waals surface area (Å²) >= 11 is 0. The van der Waals surface area contributed by atoms with Crippen molar-refractivity contribution in [1.82, 2.24) is 0 Å². The molecule has 0 spiro atoms. The van der Waals surface area contributed by atoms with Crippen LogP contribution in [0.5, 0.6) is 0 Å². The number of phosphoric ester groups is 1. The van der Waals surface area contributed by atoms with Crippen molar-refractivity contribution in [3.05, 3.63) is 85.1 Å². The maximum absolute atomic E-state index is 12.8. The second kappa shape index (κ2) is 39.2. The van der Waals surface area contributed by atoms with E-state index in [2.05, 4.69) is 79.8 Å². The number of hydrogen-bond acceptors (Lipinski definition) is 13. The molecular weight excluding hydrogens is 843 g/mol. The van der Waals surface area contributed by atoms with E-state index in [0.717, 1.165) is 89.9 Å². The van der Waals surface area contributed by atoms with E-state index in [4.69, 9.17) is 23.6 Å². The van der Waals surface area contributed by atoms with E-state index in [9.17, 15) is 44.6 Å². The van der Waals surface area contributed by atoms with Crippen molar-refractivity contribution in [2.45, 2.75) is 191 Å². The minimum Gasteiger partial charge on any atom is -0.462 e. The average molecular weight is 925 g/mol.